The van der Waals surface area contributed by atoms with E-state index in [9.17, 15) is 4.79 Å². The molecule has 0 saturated carbocycles. The maximum atomic E-state index is 12.4. The Labute approximate surface area is 147 Å². The Bertz CT molecular complexity index is 860. The number of hydrogen-bond acceptors (Lipinski definition) is 7. The molecule has 0 spiro atoms. The summed E-state index contributed by atoms with van der Waals surface area (Å²) in [5.41, 5.74) is 1.55. The molecular formula is C16H15N3O3S2. The van der Waals surface area contributed by atoms with Gasteiger partial charge in [-0.1, -0.05) is 0 Å². The van der Waals surface area contributed by atoms with Crippen molar-refractivity contribution >= 4 is 33.7 Å². The number of carbonyl (C=O) groups is 1. The molecule has 0 bridgehead atoms. The second-order valence-electron chi connectivity index (χ2n) is 4.79. The lowest BCUT2D eigenvalue weighted by molar-refractivity contribution is 0.103. The van der Waals surface area contributed by atoms with Crippen LogP contribution in [0.4, 0.5) is 5.13 Å². The second-order valence-corrected chi connectivity index (χ2v) is 6.69. The Morgan fingerprint density at radius 3 is 2.67 bits per heavy atom. The first kappa shape index (κ1) is 16.4. The number of amides is 1. The number of carbonyl (C=O) groups excluding carboxylic acids is 1. The number of nitrogens with one attached hydrogen (secondary N) is 1. The van der Waals surface area contributed by atoms with E-state index in [2.05, 4.69) is 15.3 Å². The standard InChI is InChI=1S/C16H15N3O3S2/c1-9-13(14(20)19-16-17-6-7-23-16)24-15(18-9)10-4-5-11(21-2)12(8-10)22-3/h4-8H,1-3H3,(H,17,19,20). The number of aromatic nitrogens is 2. The summed E-state index contributed by atoms with van der Waals surface area (Å²) in [5.74, 6) is 1.07. The third-order valence-corrected chi connectivity index (χ3v) is 5.18. The first-order valence-electron chi connectivity index (χ1n) is 7.03. The summed E-state index contributed by atoms with van der Waals surface area (Å²) >= 11 is 2.71. The zero-order valence-electron chi connectivity index (χ0n) is 13.3. The fraction of sp³-hybridized carbons (Fsp3) is 0.188. The molecule has 0 aliphatic rings. The van der Waals surface area contributed by atoms with Crippen molar-refractivity contribution in [3.8, 4) is 22.1 Å². The molecule has 0 atom stereocenters. The van der Waals surface area contributed by atoms with Crippen LogP contribution in [-0.4, -0.2) is 30.1 Å². The van der Waals surface area contributed by atoms with Gasteiger partial charge in [-0.15, -0.1) is 22.7 Å². The van der Waals surface area contributed by atoms with Gasteiger partial charge < -0.3 is 9.47 Å². The van der Waals surface area contributed by atoms with E-state index in [1.807, 2.05) is 30.5 Å². The van der Waals surface area contributed by atoms with Crippen molar-refractivity contribution in [3.63, 3.8) is 0 Å². The van der Waals surface area contributed by atoms with E-state index in [0.717, 1.165) is 10.6 Å². The van der Waals surface area contributed by atoms with E-state index in [0.29, 0.717) is 27.2 Å². The summed E-state index contributed by atoms with van der Waals surface area (Å²) < 4.78 is 10.6. The predicted molar refractivity (Wildman–Crippen MR) is 95.5 cm³/mol. The van der Waals surface area contributed by atoms with Gasteiger partial charge in [-0.3, -0.25) is 10.1 Å². The van der Waals surface area contributed by atoms with Crippen LogP contribution in [0.3, 0.4) is 0 Å². The van der Waals surface area contributed by atoms with Crippen LogP contribution in [0.1, 0.15) is 15.4 Å². The molecule has 1 amide bonds. The molecule has 0 aliphatic heterocycles. The van der Waals surface area contributed by atoms with Gasteiger partial charge in [0.2, 0.25) is 0 Å². The Morgan fingerprint density at radius 2 is 2.00 bits per heavy atom. The van der Waals surface area contributed by atoms with E-state index in [4.69, 9.17) is 9.47 Å². The fourth-order valence-electron chi connectivity index (χ4n) is 2.14. The second kappa shape index (κ2) is 6.98. The smallest absolute Gasteiger partial charge is 0.269 e. The third kappa shape index (κ3) is 3.24. The number of aryl methyl sites for hydroxylation is 1. The monoisotopic (exact) mass is 361 g/mol. The van der Waals surface area contributed by atoms with Crippen LogP contribution < -0.4 is 14.8 Å². The average Bonchev–Trinajstić information content (AvgIpc) is 3.23. The van der Waals surface area contributed by atoms with Crippen molar-refractivity contribution in [2.24, 2.45) is 0 Å². The van der Waals surface area contributed by atoms with Gasteiger partial charge in [0.15, 0.2) is 16.6 Å². The molecule has 0 radical (unpaired) electrons. The first-order valence-corrected chi connectivity index (χ1v) is 8.72. The zero-order chi connectivity index (χ0) is 17.1. The highest BCUT2D eigenvalue weighted by atomic mass is 32.1. The molecule has 8 heteroatoms. The maximum Gasteiger partial charge on any atom is 0.269 e. The lowest BCUT2D eigenvalue weighted by atomic mass is 10.2. The number of benzene rings is 1. The summed E-state index contributed by atoms with van der Waals surface area (Å²) in [6.07, 6.45) is 1.65. The normalized spacial score (nSPS) is 10.5. The zero-order valence-corrected chi connectivity index (χ0v) is 15.0. The van der Waals surface area contributed by atoms with E-state index >= 15 is 0 Å². The predicted octanol–water partition coefficient (Wildman–Crippen LogP) is 3.84. The van der Waals surface area contributed by atoms with Crippen molar-refractivity contribution in [1.82, 2.24) is 9.97 Å². The van der Waals surface area contributed by atoms with Gasteiger partial charge in [0.25, 0.3) is 5.91 Å². The molecule has 3 aromatic rings. The van der Waals surface area contributed by atoms with Crippen molar-refractivity contribution in [1.29, 1.82) is 0 Å². The minimum Gasteiger partial charge on any atom is -0.493 e. The molecule has 1 aromatic carbocycles. The Balaban J connectivity index is 1.90. The number of methoxy groups -OCH3 is 2. The summed E-state index contributed by atoms with van der Waals surface area (Å²) in [6.45, 7) is 1.82. The molecule has 1 N–H and O–H groups in total. The number of thiazole rings is 2. The number of ether oxygens (including phenoxy) is 2. The van der Waals surface area contributed by atoms with Gasteiger partial charge >= 0.3 is 0 Å². The summed E-state index contributed by atoms with van der Waals surface area (Å²) in [4.78, 5) is 21.5. The van der Waals surface area contributed by atoms with Gasteiger partial charge in [-0.2, -0.15) is 0 Å². The van der Waals surface area contributed by atoms with Crippen LogP contribution in [0, 0.1) is 6.92 Å². The van der Waals surface area contributed by atoms with Gasteiger partial charge in [-0.05, 0) is 25.1 Å². The van der Waals surface area contributed by atoms with Crippen molar-refractivity contribution < 1.29 is 14.3 Å². The molecule has 0 fully saturated rings. The van der Waals surface area contributed by atoms with Crippen molar-refractivity contribution in [2.75, 3.05) is 19.5 Å². The quantitative estimate of drug-likeness (QED) is 0.747. The lowest BCUT2D eigenvalue weighted by Crippen LogP contribution is -2.11. The van der Waals surface area contributed by atoms with E-state index in [-0.39, 0.29) is 5.91 Å². The topological polar surface area (TPSA) is 73.3 Å². The van der Waals surface area contributed by atoms with Crippen LogP contribution in [0.5, 0.6) is 11.5 Å². The van der Waals surface area contributed by atoms with Crippen molar-refractivity contribution in [2.45, 2.75) is 6.92 Å². The highest BCUT2D eigenvalue weighted by Crippen LogP contribution is 2.35. The maximum absolute atomic E-state index is 12.4. The molecular weight excluding hydrogens is 346 g/mol. The molecule has 0 aliphatic carbocycles. The van der Waals surface area contributed by atoms with Gasteiger partial charge in [0, 0.05) is 17.1 Å². The molecule has 6 nitrogen and oxygen atoms in total. The first-order chi connectivity index (χ1) is 11.6. The number of rotatable bonds is 5. The highest BCUT2D eigenvalue weighted by molar-refractivity contribution is 7.17. The van der Waals surface area contributed by atoms with Crippen LogP contribution in [0.15, 0.2) is 29.8 Å². The molecule has 0 saturated heterocycles. The Morgan fingerprint density at radius 1 is 1.21 bits per heavy atom. The summed E-state index contributed by atoms with van der Waals surface area (Å²) in [5, 5.41) is 5.91. The number of nitrogens with zero attached hydrogens (tertiary/aromatic N) is 2. The summed E-state index contributed by atoms with van der Waals surface area (Å²) in [6, 6.07) is 5.56. The molecule has 2 heterocycles. The molecule has 3 rings (SSSR count). The molecule has 24 heavy (non-hydrogen) atoms. The molecule has 124 valence electrons. The van der Waals surface area contributed by atoms with Crippen LogP contribution >= 0.6 is 22.7 Å². The number of hydrogen-bond donors (Lipinski definition) is 1. The van der Waals surface area contributed by atoms with Gasteiger partial charge in [0.1, 0.15) is 9.88 Å². The van der Waals surface area contributed by atoms with Gasteiger partial charge in [0.05, 0.1) is 19.9 Å². The Kier molecular flexibility index (Phi) is 4.77. The number of anilines is 1. The van der Waals surface area contributed by atoms with E-state index in [1.165, 1.54) is 22.7 Å². The molecule has 0 unspecified atom stereocenters. The molecule has 2 aromatic heterocycles. The average molecular weight is 361 g/mol. The Hall–Kier alpha value is -2.45. The lowest BCUT2D eigenvalue weighted by Gasteiger charge is -2.08. The summed E-state index contributed by atoms with van der Waals surface area (Å²) in [7, 11) is 3.17. The van der Waals surface area contributed by atoms with E-state index < -0.39 is 0 Å². The van der Waals surface area contributed by atoms with Crippen LogP contribution in [0.25, 0.3) is 10.6 Å². The largest absolute Gasteiger partial charge is 0.493 e. The minimum atomic E-state index is -0.202. The fourth-order valence-corrected chi connectivity index (χ4v) is 3.62. The minimum absolute atomic E-state index is 0.202. The van der Waals surface area contributed by atoms with E-state index in [1.54, 1.807) is 20.4 Å². The van der Waals surface area contributed by atoms with Crippen LogP contribution in [-0.2, 0) is 0 Å². The third-order valence-electron chi connectivity index (χ3n) is 3.29. The SMILES string of the molecule is COc1ccc(-c2nc(C)c(C(=O)Nc3nccs3)s2)cc1OC. The van der Waals surface area contributed by atoms with Gasteiger partial charge in [-0.25, -0.2) is 9.97 Å². The van der Waals surface area contributed by atoms with Crippen LogP contribution in [0.2, 0.25) is 0 Å². The highest BCUT2D eigenvalue weighted by Gasteiger charge is 2.18. The van der Waals surface area contributed by atoms with Crippen molar-refractivity contribution in [3.05, 3.63) is 40.3 Å².